The number of hydrogen-bond acceptors (Lipinski definition) is 4. The molecule has 0 bridgehead atoms. The molecule has 1 unspecified atom stereocenters. The number of nitrogens with one attached hydrogen (secondary N) is 1. The van der Waals surface area contributed by atoms with E-state index in [9.17, 15) is 14.6 Å². The lowest BCUT2D eigenvalue weighted by Gasteiger charge is -2.41. The van der Waals surface area contributed by atoms with Gasteiger partial charge in [-0.15, -0.1) is 0 Å². The molecule has 0 saturated carbocycles. The van der Waals surface area contributed by atoms with Gasteiger partial charge in [0.2, 0.25) is 0 Å². The largest absolute Gasteiger partial charge is 0.494 e. The summed E-state index contributed by atoms with van der Waals surface area (Å²) in [5, 5.41) is 22.7. The van der Waals surface area contributed by atoms with Crippen LogP contribution < -0.4 is 10.1 Å². The zero-order valence-electron chi connectivity index (χ0n) is 11.8. The molecule has 0 radical (unpaired) electrons. The van der Waals surface area contributed by atoms with Gasteiger partial charge in [0.05, 0.1) is 18.3 Å². The average molecular weight is 292 g/mol. The first-order valence-corrected chi connectivity index (χ1v) is 6.69. The number of hydrogen-bond donors (Lipinski definition) is 3. The van der Waals surface area contributed by atoms with E-state index in [1.54, 1.807) is 6.07 Å². The molecule has 1 aliphatic heterocycles. The summed E-state index contributed by atoms with van der Waals surface area (Å²) in [6.45, 7) is 4.08. The maximum absolute atomic E-state index is 13.3. The van der Waals surface area contributed by atoms with Crippen molar-refractivity contribution in [2.24, 2.45) is 0 Å². The molecule has 3 rings (SSSR count). The Labute approximate surface area is 121 Å². The molecule has 0 aliphatic carbocycles. The zero-order chi connectivity index (χ0) is 15.2. The third-order valence-corrected chi connectivity index (χ3v) is 3.78. The molecule has 6 heteroatoms. The highest BCUT2D eigenvalue weighted by molar-refractivity contribution is 5.59. The smallest absolute Gasteiger partial charge is 0.193 e. The predicted octanol–water partition coefficient (Wildman–Crippen LogP) is 2.69. The van der Waals surface area contributed by atoms with Crippen molar-refractivity contribution >= 4 is 5.69 Å². The van der Waals surface area contributed by atoms with Crippen LogP contribution in [0.5, 0.6) is 17.5 Å². The standard InChI is InChI=1S/C15H17FN2O3/c1-15(2)12(8-18-13(19)5-6-14(18)20)17-10-7-9(16)3-4-11(10)21-15/h3-7,12,17,19-20H,8H2,1-2H3. The van der Waals surface area contributed by atoms with E-state index < -0.39 is 5.60 Å². The van der Waals surface area contributed by atoms with Gasteiger partial charge >= 0.3 is 0 Å². The maximum Gasteiger partial charge on any atom is 0.193 e. The second kappa shape index (κ2) is 4.58. The van der Waals surface area contributed by atoms with Crippen LogP contribution in [0.2, 0.25) is 0 Å². The average Bonchev–Trinajstić information content (AvgIpc) is 2.71. The third kappa shape index (κ3) is 2.37. The summed E-state index contributed by atoms with van der Waals surface area (Å²) < 4.78 is 20.6. The molecule has 1 aromatic heterocycles. The molecule has 2 heterocycles. The van der Waals surface area contributed by atoms with Crippen LogP contribution in [0.25, 0.3) is 0 Å². The van der Waals surface area contributed by atoms with Crippen LogP contribution in [-0.2, 0) is 6.54 Å². The fourth-order valence-corrected chi connectivity index (χ4v) is 2.50. The summed E-state index contributed by atoms with van der Waals surface area (Å²) in [5.41, 5.74) is -0.0287. The summed E-state index contributed by atoms with van der Waals surface area (Å²) >= 11 is 0. The van der Waals surface area contributed by atoms with Crippen molar-refractivity contribution in [3.8, 4) is 17.5 Å². The summed E-state index contributed by atoms with van der Waals surface area (Å²) in [5.74, 6) is 0.166. The summed E-state index contributed by atoms with van der Waals surface area (Å²) in [7, 11) is 0. The molecule has 0 spiro atoms. The van der Waals surface area contributed by atoms with E-state index in [0.717, 1.165) is 0 Å². The highest BCUT2D eigenvalue weighted by atomic mass is 19.1. The number of aromatic nitrogens is 1. The normalized spacial score (nSPS) is 19.5. The number of anilines is 1. The third-order valence-electron chi connectivity index (χ3n) is 3.78. The zero-order valence-corrected chi connectivity index (χ0v) is 11.8. The second-order valence-electron chi connectivity index (χ2n) is 5.70. The Hall–Kier alpha value is -2.37. The Kier molecular flexibility index (Phi) is 2.97. The van der Waals surface area contributed by atoms with Gasteiger partial charge < -0.3 is 20.3 Å². The molecule has 3 N–H and O–H groups in total. The first-order valence-electron chi connectivity index (χ1n) is 6.69. The van der Waals surface area contributed by atoms with Crippen molar-refractivity contribution in [1.29, 1.82) is 0 Å². The minimum absolute atomic E-state index is 0.0323. The Morgan fingerprint density at radius 3 is 2.57 bits per heavy atom. The van der Waals surface area contributed by atoms with Gasteiger partial charge in [0, 0.05) is 18.2 Å². The summed E-state index contributed by atoms with van der Waals surface area (Å²) in [4.78, 5) is 0. The van der Waals surface area contributed by atoms with Gasteiger partial charge in [0.25, 0.3) is 0 Å². The van der Waals surface area contributed by atoms with E-state index in [-0.39, 0.29) is 30.2 Å². The summed E-state index contributed by atoms with van der Waals surface area (Å²) in [6.07, 6.45) is 0. The van der Waals surface area contributed by atoms with Gasteiger partial charge in [-0.2, -0.15) is 0 Å². The second-order valence-corrected chi connectivity index (χ2v) is 5.70. The highest BCUT2D eigenvalue weighted by Gasteiger charge is 2.37. The van der Waals surface area contributed by atoms with E-state index in [0.29, 0.717) is 11.4 Å². The molecule has 0 fully saturated rings. The van der Waals surface area contributed by atoms with Gasteiger partial charge in [-0.1, -0.05) is 0 Å². The molecular weight excluding hydrogens is 275 g/mol. The quantitative estimate of drug-likeness (QED) is 0.796. The van der Waals surface area contributed by atoms with Crippen molar-refractivity contribution in [1.82, 2.24) is 4.57 Å². The van der Waals surface area contributed by atoms with Gasteiger partial charge in [-0.25, -0.2) is 4.39 Å². The van der Waals surface area contributed by atoms with E-state index in [2.05, 4.69) is 5.32 Å². The maximum atomic E-state index is 13.3. The van der Waals surface area contributed by atoms with Crippen LogP contribution in [0.1, 0.15) is 13.8 Å². The molecule has 1 aromatic carbocycles. The lowest BCUT2D eigenvalue weighted by atomic mass is 9.95. The molecule has 112 valence electrons. The van der Waals surface area contributed by atoms with Crippen molar-refractivity contribution in [2.75, 3.05) is 5.32 Å². The Bertz CT molecular complexity index is 662. The lowest BCUT2D eigenvalue weighted by molar-refractivity contribution is 0.0701. The molecule has 1 aliphatic rings. The first kappa shape index (κ1) is 13.6. The van der Waals surface area contributed by atoms with E-state index in [1.807, 2.05) is 13.8 Å². The minimum atomic E-state index is -0.589. The number of fused-ring (bicyclic) bond motifs is 1. The van der Waals surface area contributed by atoms with Gasteiger partial charge in [0.1, 0.15) is 17.2 Å². The summed E-state index contributed by atoms with van der Waals surface area (Å²) in [6, 6.07) is 6.88. The number of halogens is 1. The van der Waals surface area contributed by atoms with Gasteiger partial charge in [-0.05, 0) is 26.0 Å². The fraction of sp³-hybridized carbons (Fsp3) is 0.333. The van der Waals surface area contributed by atoms with Crippen molar-refractivity contribution < 1.29 is 19.3 Å². The SMILES string of the molecule is CC1(C)Oc2ccc(F)cc2NC1Cn1c(O)ccc1O. The van der Waals surface area contributed by atoms with E-state index >= 15 is 0 Å². The van der Waals surface area contributed by atoms with Crippen molar-refractivity contribution in [3.05, 3.63) is 36.1 Å². The number of benzene rings is 1. The molecule has 1 atom stereocenters. The molecular formula is C15H17FN2O3. The van der Waals surface area contributed by atoms with E-state index in [4.69, 9.17) is 4.74 Å². The van der Waals surface area contributed by atoms with Crippen molar-refractivity contribution in [3.63, 3.8) is 0 Å². The van der Waals surface area contributed by atoms with Crippen LogP contribution in [-0.4, -0.2) is 26.4 Å². The predicted molar refractivity (Wildman–Crippen MR) is 76.3 cm³/mol. The highest BCUT2D eigenvalue weighted by Crippen LogP contribution is 2.37. The monoisotopic (exact) mass is 292 g/mol. The Balaban J connectivity index is 1.92. The fourth-order valence-electron chi connectivity index (χ4n) is 2.50. The first-order chi connectivity index (χ1) is 9.87. The molecule has 0 saturated heterocycles. The Morgan fingerprint density at radius 2 is 1.90 bits per heavy atom. The molecule has 21 heavy (non-hydrogen) atoms. The van der Waals surface area contributed by atoms with Crippen LogP contribution in [0.15, 0.2) is 30.3 Å². The van der Waals surface area contributed by atoms with Crippen LogP contribution in [0.4, 0.5) is 10.1 Å². The Morgan fingerprint density at radius 1 is 1.24 bits per heavy atom. The molecule has 5 nitrogen and oxygen atoms in total. The molecule has 2 aromatic rings. The van der Waals surface area contributed by atoms with Crippen molar-refractivity contribution in [2.45, 2.75) is 32.0 Å². The topological polar surface area (TPSA) is 66.7 Å². The van der Waals surface area contributed by atoms with E-state index in [1.165, 1.54) is 28.8 Å². The number of ether oxygens (including phenoxy) is 1. The van der Waals surface area contributed by atoms with Crippen LogP contribution in [0, 0.1) is 5.82 Å². The van der Waals surface area contributed by atoms with Crippen LogP contribution >= 0.6 is 0 Å². The lowest BCUT2D eigenvalue weighted by Crippen LogP contribution is -2.51. The minimum Gasteiger partial charge on any atom is -0.494 e. The number of rotatable bonds is 2. The van der Waals surface area contributed by atoms with Crippen LogP contribution in [0.3, 0.4) is 0 Å². The number of nitrogens with zero attached hydrogens (tertiary/aromatic N) is 1. The number of aromatic hydroxyl groups is 2. The van der Waals surface area contributed by atoms with Gasteiger partial charge in [0.15, 0.2) is 11.8 Å². The van der Waals surface area contributed by atoms with Gasteiger partial charge in [-0.3, -0.25) is 4.57 Å². The molecule has 0 amide bonds.